The topological polar surface area (TPSA) is 65.2 Å². The van der Waals surface area contributed by atoms with Gasteiger partial charge in [-0.05, 0) is 43.2 Å². The maximum Gasteiger partial charge on any atom is 0.338 e. The van der Waals surface area contributed by atoms with Gasteiger partial charge in [-0.15, -0.1) is 10.2 Å². The van der Waals surface area contributed by atoms with E-state index in [-0.39, 0.29) is 5.89 Å². The van der Waals surface area contributed by atoms with Crippen LogP contribution in [0.25, 0.3) is 11.5 Å². The Morgan fingerprint density at radius 3 is 2.46 bits per heavy atom. The fraction of sp³-hybridized carbons (Fsp3) is 0.211. The van der Waals surface area contributed by atoms with Crippen LogP contribution in [0.2, 0.25) is 0 Å². The van der Waals surface area contributed by atoms with Crippen LogP contribution in [0.3, 0.4) is 0 Å². The molecule has 122 valence electrons. The van der Waals surface area contributed by atoms with Gasteiger partial charge in [-0.2, -0.15) is 0 Å². The molecule has 0 N–H and O–H groups in total. The molecular formula is C19H18N2O3. The second-order valence-corrected chi connectivity index (χ2v) is 5.41. The van der Waals surface area contributed by atoms with Gasteiger partial charge in [0, 0.05) is 5.56 Å². The number of ether oxygens (including phenoxy) is 1. The van der Waals surface area contributed by atoms with Crippen molar-refractivity contribution in [1.29, 1.82) is 0 Å². The number of carbonyl (C=O) groups excluding carboxylic acids is 1. The molecule has 0 aliphatic carbocycles. The normalized spacial score (nSPS) is 11.9. The summed E-state index contributed by atoms with van der Waals surface area (Å²) in [5, 5.41) is 7.97. The summed E-state index contributed by atoms with van der Waals surface area (Å²) in [4.78, 5) is 12.2. The molecule has 0 fully saturated rings. The van der Waals surface area contributed by atoms with Crippen LogP contribution in [0, 0.1) is 0 Å². The second kappa shape index (κ2) is 7.08. The van der Waals surface area contributed by atoms with E-state index >= 15 is 0 Å². The minimum Gasteiger partial charge on any atom is -0.449 e. The minimum absolute atomic E-state index is 0.271. The first-order chi connectivity index (χ1) is 11.7. The number of benzene rings is 2. The molecule has 0 saturated heterocycles. The van der Waals surface area contributed by atoms with Crippen LogP contribution in [0.4, 0.5) is 0 Å². The first-order valence-corrected chi connectivity index (χ1v) is 7.86. The molecule has 3 aromatic rings. The molecule has 5 nitrogen and oxygen atoms in total. The predicted octanol–water partition coefficient (Wildman–Crippen LogP) is 4.22. The van der Waals surface area contributed by atoms with Crippen molar-refractivity contribution in [3.8, 4) is 11.5 Å². The molecule has 3 rings (SSSR count). The van der Waals surface area contributed by atoms with Crippen molar-refractivity contribution in [3.63, 3.8) is 0 Å². The molecule has 5 heteroatoms. The van der Waals surface area contributed by atoms with Gasteiger partial charge >= 0.3 is 5.97 Å². The zero-order chi connectivity index (χ0) is 16.9. The summed E-state index contributed by atoms with van der Waals surface area (Å²) in [6.07, 6.45) is 0.309. The first-order valence-electron chi connectivity index (χ1n) is 7.86. The highest BCUT2D eigenvalue weighted by Crippen LogP contribution is 2.23. The average Bonchev–Trinajstić information content (AvgIpc) is 3.13. The number of nitrogens with zero attached hydrogens (tertiary/aromatic N) is 2. The Labute approximate surface area is 140 Å². The maximum atomic E-state index is 12.2. The van der Waals surface area contributed by atoms with Crippen molar-refractivity contribution >= 4 is 5.97 Å². The van der Waals surface area contributed by atoms with Crippen LogP contribution in [-0.2, 0) is 11.2 Å². The Hall–Kier alpha value is -2.95. The van der Waals surface area contributed by atoms with E-state index in [2.05, 4.69) is 17.1 Å². The van der Waals surface area contributed by atoms with Crippen LogP contribution in [-0.4, -0.2) is 16.2 Å². The SMILES string of the molecule is CCc1ccc(C(=O)O[C@H](C)c2nnc(-c3ccccc3)o2)cc1. The van der Waals surface area contributed by atoms with Gasteiger partial charge in [0.05, 0.1) is 5.56 Å². The molecule has 0 aliphatic heterocycles. The van der Waals surface area contributed by atoms with Gasteiger partial charge in [-0.25, -0.2) is 4.79 Å². The third-order valence-electron chi connectivity index (χ3n) is 3.69. The quantitative estimate of drug-likeness (QED) is 0.658. The molecule has 24 heavy (non-hydrogen) atoms. The molecule has 1 aromatic heterocycles. The van der Waals surface area contributed by atoms with Crippen LogP contribution < -0.4 is 0 Å². The molecule has 2 aromatic carbocycles. The van der Waals surface area contributed by atoms with Crippen molar-refractivity contribution in [1.82, 2.24) is 10.2 Å². The Morgan fingerprint density at radius 2 is 1.79 bits per heavy atom. The Balaban J connectivity index is 1.69. The summed E-state index contributed by atoms with van der Waals surface area (Å²) in [6, 6.07) is 16.8. The van der Waals surface area contributed by atoms with Crippen molar-refractivity contribution in [2.24, 2.45) is 0 Å². The Kier molecular flexibility index (Phi) is 4.70. The highest BCUT2D eigenvalue weighted by Gasteiger charge is 2.19. The van der Waals surface area contributed by atoms with Gasteiger partial charge in [0.25, 0.3) is 5.89 Å². The molecule has 1 atom stereocenters. The van der Waals surface area contributed by atoms with Crippen LogP contribution in [0.5, 0.6) is 0 Å². The number of aromatic nitrogens is 2. The van der Waals surface area contributed by atoms with E-state index in [1.165, 1.54) is 5.56 Å². The predicted molar refractivity (Wildman–Crippen MR) is 89.4 cm³/mol. The second-order valence-electron chi connectivity index (χ2n) is 5.41. The lowest BCUT2D eigenvalue weighted by Gasteiger charge is -2.09. The van der Waals surface area contributed by atoms with E-state index in [1.807, 2.05) is 42.5 Å². The van der Waals surface area contributed by atoms with E-state index in [9.17, 15) is 4.79 Å². The highest BCUT2D eigenvalue weighted by atomic mass is 16.6. The van der Waals surface area contributed by atoms with Gasteiger partial charge in [0.1, 0.15) is 0 Å². The van der Waals surface area contributed by atoms with Gasteiger partial charge in [-0.3, -0.25) is 0 Å². The number of hydrogen-bond donors (Lipinski definition) is 0. The third kappa shape index (κ3) is 3.51. The summed E-state index contributed by atoms with van der Waals surface area (Å²) in [5.74, 6) is 0.262. The van der Waals surface area contributed by atoms with Crippen LogP contribution in [0.15, 0.2) is 59.0 Å². The third-order valence-corrected chi connectivity index (χ3v) is 3.69. The van der Waals surface area contributed by atoms with E-state index < -0.39 is 12.1 Å². The summed E-state index contributed by atoms with van der Waals surface area (Å²) in [6.45, 7) is 3.77. The largest absolute Gasteiger partial charge is 0.449 e. The van der Waals surface area contributed by atoms with Crippen LogP contribution >= 0.6 is 0 Å². The standard InChI is InChI=1S/C19H18N2O3/c1-3-14-9-11-16(12-10-14)19(22)23-13(2)17-20-21-18(24-17)15-7-5-4-6-8-15/h4-13H,3H2,1-2H3/t13-/m1/s1. The van der Waals surface area contributed by atoms with Gasteiger partial charge in [-0.1, -0.05) is 37.3 Å². The lowest BCUT2D eigenvalue weighted by atomic mass is 10.1. The summed E-state index contributed by atoms with van der Waals surface area (Å²) < 4.78 is 11.0. The summed E-state index contributed by atoms with van der Waals surface area (Å²) >= 11 is 0. The zero-order valence-electron chi connectivity index (χ0n) is 13.6. The average molecular weight is 322 g/mol. The number of rotatable bonds is 5. The maximum absolute atomic E-state index is 12.2. The number of aryl methyl sites for hydroxylation is 1. The number of carbonyl (C=O) groups is 1. The molecule has 0 aliphatic rings. The summed E-state index contributed by atoms with van der Waals surface area (Å²) in [5.41, 5.74) is 2.50. The molecule has 0 saturated carbocycles. The molecule has 0 unspecified atom stereocenters. The van der Waals surface area contributed by atoms with Crippen molar-refractivity contribution in [2.75, 3.05) is 0 Å². The van der Waals surface area contributed by atoms with Crippen molar-refractivity contribution < 1.29 is 13.9 Å². The fourth-order valence-corrected chi connectivity index (χ4v) is 2.25. The molecule has 0 radical (unpaired) electrons. The fourth-order valence-electron chi connectivity index (χ4n) is 2.25. The van der Waals surface area contributed by atoms with Crippen molar-refractivity contribution in [2.45, 2.75) is 26.4 Å². The van der Waals surface area contributed by atoms with E-state index in [4.69, 9.17) is 9.15 Å². The van der Waals surface area contributed by atoms with Crippen LogP contribution in [0.1, 0.15) is 41.8 Å². The van der Waals surface area contributed by atoms with E-state index in [0.29, 0.717) is 11.5 Å². The number of esters is 1. The molecular weight excluding hydrogens is 304 g/mol. The highest BCUT2D eigenvalue weighted by molar-refractivity contribution is 5.89. The van der Waals surface area contributed by atoms with E-state index in [0.717, 1.165) is 12.0 Å². The number of hydrogen-bond acceptors (Lipinski definition) is 5. The molecule has 1 heterocycles. The lowest BCUT2D eigenvalue weighted by Crippen LogP contribution is -2.09. The minimum atomic E-state index is -0.617. The lowest BCUT2D eigenvalue weighted by molar-refractivity contribution is 0.0280. The van der Waals surface area contributed by atoms with E-state index in [1.54, 1.807) is 19.1 Å². The first kappa shape index (κ1) is 15.9. The van der Waals surface area contributed by atoms with Gasteiger partial charge in [0.15, 0.2) is 6.10 Å². The molecule has 0 spiro atoms. The smallest absolute Gasteiger partial charge is 0.338 e. The Morgan fingerprint density at radius 1 is 1.08 bits per heavy atom. The van der Waals surface area contributed by atoms with Gasteiger partial charge < -0.3 is 9.15 Å². The van der Waals surface area contributed by atoms with Crippen molar-refractivity contribution in [3.05, 3.63) is 71.6 Å². The molecule has 0 amide bonds. The summed E-state index contributed by atoms with van der Waals surface area (Å²) in [7, 11) is 0. The molecule has 0 bridgehead atoms. The Bertz CT molecular complexity index is 810. The van der Waals surface area contributed by atoms with Gasteiger partial charge in [0.2, 0.25) is 5.89 Å². The zero-order valence-corrected chi connectivity index (χ0v) is 13.6. The monoisotopic (exact) mass is 322 g/mol.